The van der Waals surface area contributed by atoms with Gasteiger partial charge in [-0.25, -0.2) is 8.78 Å². The van der Waals surface area contributed by atoms with Crippen molar-refractivity contribution in [1.82, 2.24) is 0 Å². The van der Waals surface area contributed by atoms with Crippen LogP contribution in [-0.4, -0.2) is 6.61 Å². The summed E-state index contributed by atoms with van der Waals surface area (Å²) in [6.45, 7) is 2.08. The van der Waals surface area contributed by atoms with Crippen LogP contribution in [0, 0.1) is 18.6 Å². The highest BCUT2D eigenvalue weighted by atomic mass is 19.1. The average Bonchev–Trinajstić information content (AvgIpc) is 2.36. The van der Waals surface area contributed by atoms with Gasteiger partial charge in [-0.1, -0.05) is 18.2 Å². The minimum absolute atomic E-state index is 0.131. The van der Waals surface area contributed by atoms with Gasteiger partial charge in [0, 0.05) is 11.6 Å². The van der Waals surface area contributed by atoms with Crippen molar-refractivity contribution in [2.45, 2.75) is 13.0 Å². The molecule has 0 saturated carbocycles. The van der Waals surface area contributed by atoms with Gasteiger partial charge in [-0.15, -0.1) is 0 Å². The van der Waals surface area contributed by atoms with Crippen LogP contribution in [0.3, 0.4) is 0 Å². The number of halogens is 2. The lowest BCUT2D eigenvalue weighted by Crippen LogP contribution is -2.20. The van der Waals surface area contributed by atoms with Gasteiger partial charge in [-0.3, -0.25) is 0 Å². The molecule has 0 aliphatic heterocycles. The van der Waals surface area contributed by atoms with Crippen molar-refractivity contribution >= 4 is 0 Å². The molecule has 0 saturated heterocycles. The SMILES string of the molecule is Cc1cccc(OC[C@H](N)c2ccc(F)cc2F)c1. The van der Waals surface area contributed by atoms with Crippen molar-refractivity contribution in [1.29, 1.82) is 0 Å². The van der Waals surface area contributed by atoms with Crippen LogP contribution in [-0.2, 0) is 0 Å². The van der Waals surface area contributed by atoms with Gasteiger partial charge < -0.3 is 10.5 Å². The zero-order valence-corrected chi connectivity index (χ0v) is 10.6. The Bertz CT molecular complexity index is 572. The maximum Gasteiger partial charge on any atom is 0.131 e. The second kappa shape index (κ2) is 5.80. The second-order valence-electron chi connectivity index (χ2n) is 4.40. The van der Waals surface area contributed by atoms with Gasteiger partial charge in [-0.2, -0.15) is 0 Å². The quantitative estimate of drug-likeness (QED) is 0.918. The zero-order chi connectivity index (χ0) is 13.8. The first kappa shape index (κ1) is 13.5. The van der Waals surface area contributed by atoms with Crippen molar-refractivity contribution < 1.29 is 13.5 Å². The molecule has 0 fully saturated rings. The number of hydrogen-bond donors (Lipinski definition) is 1. The molecule has 0 aromatic heterocycles. The molecule has 0 radical (unpaired) electrons. The molecule has 0 aliphatic rings. The van der Waals surface area contributed by atoms with Crippen LogP contribution >= 0.6 is 0 Å². The van der Waals surface area contributed by atoms with Crippen LogP contribution < -0.4 is 10.5 Å². The maximum absolute atomic E-state index is 13.5. The molecule has 2 N–H and O–H groups in total. The van der Waals surface area contributed by atoms with Gasteiger partial charge in [-0.05, 0) is 30.7 Å². The Morgan fingerprint density at radius 1 is 1.16 bits per heavy atom. The van der Waals surface area contributed by atoms with Crippen LogP contribution in [0.4, 0.5) is 8.78 Å². The predicted octanol–water partition coefficient (Wildman–Crippen LogP) is 3.35. The largest absolute Gasteiger partial charge is 0.492 e. The number of nitrogens with two attached hydrogens (primary N) is 1. The van der Waals surface area contributed by atoms with Gasteiger partial charge in [0.15, 0.2) is 0 Å². The van der Waals surface area contributed by atoms with Crippen LogP contribution in [0.25, 0.3) is 0 Å². The third kappa shape index (κ3) is 3.51. The Balaban J connectivity index is 2.03. The Morgan fingerprint density at radius 3 is 2.63 bits per heavy atom. The van der Waals surface area contributed by atoms with E-state index in [1.54, 1.807) is 6.07 Å². The van der Waals surface area contributed by atoms with E-state index < -0.39 is 17.7 Å². The summed E-state index contributed by atoms with van der Waals surface area (Å²) < 4.78 is 31.8. The van der Waals surface area contributed by atoms with Crippen molar-refractivity contribution in [2.24, 2.45) is 5.73 Å². The number of aryl methyl sites for hydroxylation is 1. The fourth-order valence-corrected chi connectivity index (χ4v) is 1.78. The predicted molar refractivity (Wildman–Crippen MR) is 70.0 cm³/mol. The van der Waals surface area contributed by atoms with E-state index in [2.05, 4.69) is 0 Å². The van der Waals surface area contributed by atoms with Gasteiger partial charge in [0.2, 0.25) is 0 Å². The van der Waals surface area contributed by atoms with E-state index in [4.69, 9.17) is 10.5 Å². The molecule has 0 amide bonds. The topological polar surface area (TPSA) is 35.2 Å². The summed E-state index contributed by atoms with van der Waals surface area (Å²) in [5.41, 5.74) is 7.16. The molecule has 0 heterocycles. The number of rotatable bonds is 4. The van der Waals surface area contributed by atoms with Gasteiger partial charge in [0.25, 0.3) is 0 Å². The molecule has 2 nitrogen and oxygen atoms in total. The van der Waals surface area contributed by atoms with Crippen molar-refractivity contribution in [3.8, 4) is 5.75 Å². The summed E-state index contributed by atoms with van der Waals surface area (Å²) in [5, 5.41) is 0. The van der Waals surface area contributed by atoms with Gasteiger partial charge >= 0.3 is 0 Å². The van der Waals surface area contributed by atoms with Crippen LogP contribution in [0.1, 0.15) is 17.2 Å². The Labute approximate surface area is 110 Å². The molecule has 100 valence electrons. The zero-order valence-electron chi connectivity index (χ0n) is 10.6. The first-order valence-electron chi connectivity index (χ1n) is 5.96. The number of hydrogen-bond acceptors (Lipinski definition) is 2. The summed E-state index contributed by atoms with van der Waals surface area (Å²) in [5.74, 6) is -0.591. The van der Waals surface area contributed by atoms with E-state index in [1.165, 1.54) is 12.1 Å². The first-order valence-corrected chi connectivity index (χ1v) is 5.96. The Hall–Kier alpha value is -1.94. The van der Waals surface area contributed by atoms with E-state index in [-0.39, 0.29) is 12.2 Å². The highest BCUT2D eigenvalue weighted by molar-refractivity contribution is 5.28. The Morgan fingerprint density at radius 2 is 1.95 bits per heavy atom. The average molecular weight is 263 g/mol. The third-order valence-electron chi connectivity index (χ3n) is 2.78. The van der Waals surface area contributed by atoms with E-state index in [1.807, 2.05) is 25.1 Å². The van der Waals surface area contributed by atoms with Crippen LogP contribution in [0.2, 0.25) is 0 Å². The molecule has 2 aromatic carbocycles. The molecule has 2 aromatic rings. The molecule has 0 aliphatic carbocycles. The summed E-state index contributed by atoms with van der Waals surface area (Å²) in [4.78, 5) is 0. The molecular weight excluding hydrogens is 248 g/mol. The molecule has 0 unspecified atom stereocenters. The van der Waals surface area contributed by atoms with Gasteiger partial charge in [0.1, 0.15) is 24.0 Å². The minimum Gasteiger partial charge on any atom is -0.492 e. The summed E-state index contributed by atoms with van der Waals surface area (Å²) in [6, 6.07) is 10.2. The number of benzene rings is 2. The van der Waals surface area contributed by atoms with E-state index in [0.29, 0.717) is 5.75 Å². The molecule has 0 bridgehead atoms. The van der Waals surface area contributed by atoms with Crippen molar-refractivity contribution in [2.75, 3.05) is 6.61 Å². The molecule has 0 spiro atoms. The Kier molecular flexibility index (Phi) is 4.12. The molecular formula is C15H15F2NO. The van der Waals surface area contributed by atoms with E-state index in [0.717, 1.165) is 11.6 Å². The lowest BCUT2D eigenvalue weighted by molar-refractivity contribution is 0.287. The van der Waals surface area contributed by atoms with Gasteiger partial charge in [0.05, 0.1) is 6.04 Å². The third-order valence-corrected chi connectivity index (χ3v) is 2.78. The van der Waals surface area contributed by atoms with Crippen LogP contribution in [0.5, 0.6) is 5.75 Å². The normalized spacial score (nSPS) is 12.2. The monoisotopic (exact) mass is 263 g/mol. The van der Waals surface area contributed by atoms with Crippen LogP contribution in [0.15, 0.2) is 42.5 Å². The fourth-order valence-electron chi connectivity index (χ4n) is 1.78. The van der Waals surface area contributed by atoms with Crippen molar-refractivity contribution in [3.63, 3.8) is 0 Å². The lowest BCUT2D eigenvalue weighted by Gasteiger charge is -2.14. The second-order valence-corrected chi connectivity index (χ2v) is 4.40. The number of ether oxygens (including phenoxy) is 1. The first-order chi connectivity index (χ1) is 9.06. The maximum atomic E-state index is 13.5. The van der Waals surface area contributed by atoms with E-state index >= 15 is 0 Å². The fraction of sp³-hybridized carbons (Fsp3) is 0.200. The van der Waals surface area contributed by atoms with Crippen molar-refractivity contribution in [3.05, 3.63) is 65.2 Å². The molecule has 1 atom stereocenters. The minimum atomic E-state index is -0.652. The highest BCUT2D eigenvalue weighted by Gasteiger charge is 2.13. The summed E-state index contributed by atoms with van der Waals surface area (Å²) in [6.07, 6.45) is 0. The molecule has 19 heavy (non-hydrogen) atoms. The molecule has 2 rings (SSSR count). The smallest absolute Gasteiger partial charge is 0.131 e. The lowest BCUT2D eigenvalue weighted by atomic mass is 10.1. The highest BCUT2D eigenvalue weighted by Crippen LogP contribution is 2.19. The summed E-state index contributed by atoms with van der Waals surface area (Å²) >= 11 is 0. The standard InChI is InChI=1S/C15H15F2NO/c1-10-3-2-4-12(7-10)19-9-15(18)13-6-5-11(16)8-14(13)17/h2-8,15H,9,18H2,1H3/t15-/m0/s1. The molecule has 4 heteroatoms. The summed E-state index contributed by atoms with van der Waals surface area (Å²) in [7, 11) is 0. The van der Waals surface area contributed by atoms with E-state index in [9.17, 15) is 8.78 Å².